The van der Waals surface area contributed by atoms with Gasteiger partial charge >= 0.3 is 0 Å². The first-order valence-corrected chi connectivity index (χ1v) is 5.53. The van der Waals surface area contributed by atoms with Crippen LogP contribution in [0.15, 0.2) is 0 Å². The molecule has 0 saturated heterocycles. The van der Waals surface area contributed by atoms with Crippen LogP contribution in [0.2, 0.25) is 0 Å². The Morgan fingerprint density at radius 1 is 1.46 bits per heavy atom. The summed E-state index contributed by atoms with van der Waals surface area (Å²) in [6.07, 6.45) is 2.48. The van der Waals surface area contributed by atoms with Crippen LogP contribution in [0.5, 0.6) is 0 Å². The Morgan fingerprint density at radius 2 is 2.15 bits per heavy atom. The third-order valence-electron chi connectivity index (χ3n) is 1.49. The molecule has 0 spiro atoms. The molecule has 0 aromatic rings. The molecule has 0 unspecified atom stereocenters. The quantitative estimate of drug-likeness (QED) is 0.263. The van der Waals surface area contributed by atoms with Crippen LogP contribution in [0.25, 0.3) is 0 Å². The molecule has 0 atom stereocenters. The van der Waals surface area contributed by atoms with Crippen LogP contribution in [0.3, 0.4) is 0 Å². The van der Waals surface area contributed by atoms with Crippen LogP contribution >= 0.6 is 11.8 Å². The highest BCUT2D eigenvalue weighted by atomic mass is 32.2. The third kappa shape index (κ3) is 9.66. The lowest BCUT2D eigenvalue weighted by Crippen LogP contribution is -2.29. The van der Waals surface area contributed by atoms with Crippen molar-refractivity contribution in [1.29, 1.82) is 0 Å². The number of ether oxygens (including phenoxy) is 1. The fourth-order valence-electron chi connectivity index (χ4n) is 0.814. The van der Waals surface area contributed by atoms with Crippen molar-refractivity contribution in [3.63, 3.8) is 0 Å². The monoisotopic (exact) mass is 206 g/mol. The van der Waals surface area contributed by atoms with Crippen molar-refractivity contribution in [3.05, 3.63) is 0 Å². The topological polar surface area (TPSA) is 64.3 Å². The Kier molecular flexibility index (Phi) is 9.63. The molecule has 0 bridgehead atoms. The third-order valence-corrected chi connectivity index (χ3v) is 2.65. The molecule has 0 aromatic carbocycles. The predicted molar refractivity (Wildman–Crippen MR) is 55.4 cm³/mol. The van der Waals surface area contributed by atoms with Crippen molar-refractivity contribution in [3.8, 4) is 0 Å². The molecule has 78 valence electrons. The molecule has 5 heteroatoms. The van der Waals surface area contributed by atoms with Gasteiger partial charge in [0.25, 0.3) is 0 Å². The maximum Gasteiger partial charge on any atom is 0.233 e. The van der Waals surface area contributed by atoms with Gasteiger partial charge in [-0.1, -0.05) is 0 Å². The molecule has 0 fully saturated rings. The molecule has 0 radical (unpaired) electrons. The van der Waals surface area contributed by atoms with E-state index in [0.717, 1.165) is 31.0 Å². The van der Waals surface area contributed by atoms with Gasteiger partial charge in [-0.3, -0.25) is 10.2 Å². The maximum absolute atomic E-state index is 10.7. The van der Waals surface area contributed by atoms with Gasteiger partial charge < -0.3 is 4.74 Å². The molecule has 0 heterocycles. The second-order valence-corrected chi connectivity index (χ2v) is 3.85. The molecule has 3 N–H and O–H groups in total. The van der Waals surface area contributed by atoms with E-state index in [-0.39, 0.29) is 5.91 Å². The first-order valence-electron chi connectivity index (χ1n) is 4.37. The molecule has 0 aliphatic carbocycles. The Labute approximate surface area is 83.6 Å². The molecule has 1 amide bonds. The average molecular weight is 206 g/mol. The van der Waals surface area contributed by atoms with E-state index in [1.165, 1.54) is 0 Å². The second kappa shape index (κ2) is 9.83. The van der Waals surface area contributed by atoms with Crippen LogP contribution in [0.1, 0.15) is 19.3 Å². The van der Waals surface area contributed by atoms with Crippen molar-refractivity contribution in [2.45, 2.75) is 19.3 Å². The van der Waals surface area contributed by atoms with Gasteiger partial charge in [-0.15, -0.1) is 0 Å². The van der Waals surface area contributed by atoms with Crippen LogP contribution in [0.4, 0.5) is 0 Å². The van der Waals surface area contributed by atoms with Gasteiger partial charge in [0.05, 0.1) is 0 Å². The normalized spacial score (nSPS) is 10.0. The summed E-state index contributed by atoms with van der Waals surface area (Å²) in [4.78, 5) is 10.7. The zero-order chi connectivity index (χ0) is 9.94. The van der Waals surface area contributed by atoms with Gasteiger partial charge in [-0.05, 0) is 24.3 Å². The summed E-state index contributed by atoms with van der Waals surface area (Å²) in [5.74, 6) is 6.95. The summed E-state index contributed by atoms with van der Waals surface area (Å²) in [5.41, 5.74) is 2.11. The molecule has 0 saturated carbocycles. The lowest BCUT2D eigenvalue weighted by molar-refractivity contribution is -0.121. The first-order chi connectivity index (χ1) is 6.31. The van der Waals surface area contributed by atoms with E-state index < -0.39 is 0 Å². The van der Waals surface area contributed by atoms with E-state index in [1.54, 1.807) is 7.11 Å². The minimum atomic E-state index is -0.0857. The highest BCUT2D eigenvalue weighted by Gasteiger charge is 1.97. The zero-order valence-corrected chi connectivity index (χ0v) is 8.86. The second-order valence-electron chi connectivity index (χ2n) is 2.63. The minimum Gasteiger partial charge on any atom is -0.385 e. The van der Waals surface area contributed by atoms with Crippen molar-refractivity contribution < 1.29 is 9.53 Å². The number of nitrogens with one attached hydrogen (secondary N) is 1. The Bertz CT molecular complexity index is 133. The number of nitrogens with two attached hydrogens (primary N) is 1. The maximum atomic E-state index is 10.7. The lowest BCUT2D eigenvalue weighted by Gasteiger charge is -2.00. The molecule has 0 aliphatic rings. The van der Waals surface area contributed by atoms with Gasteiger partial charge in [-0.25, -0.2) is 5.84 Å². The average Bonchev–Trinajstić information content (AvgIpc) is 2.16. The van der Waals surface area contributed by atoms with E-state index in [2.05, 4.69) is 5.43 Å². The number of carbonyl (C=O) groups excluding carboxylic acids is 1. The summed E-state index contributed by atoms with van der Waals surface area (Å²) in [6.45, 7) is 0.816. The number of hydrogen-bond donors (Lipinski definition) is 2. The standard InChI is InChI=1S/C8H18N2O2S/c1-12-5-3-7-13-6-2-4-8(11)10-9/h2-7,9H2,1H3,(H,10,11). The van der Waals surface area contributed by atoms with E-state index >= 15 is 0 Å². The fourth-order valence-corrected chi connectivity index (χ4v) is 1.69. The van der Waals surface area contributed by atoms with Crippen LogP contribution in [-0.2, 0) is 9.53 Å². The van der Waals surface area contributed by atoms with E-state index in [1.807, 2.05) is 11.8 Å². The Morgan fingerprint density at radius 3 is 2.77 bits per heavy atom. The number of thioether (sulfide) groups is 1. The number of methoxy groups -OCH3 is 1. The van der Waals surface area contributed by atoms with Crippen molar-refractivity contribution in [2.75, 3.05) is 25.2 Å². The van der Waals surface area contributed by atoms with Crippen molar-refractivity contribution in [2.24, 2.45) is 5.84 Å². The summed E-state index contributed by atoms with van der Waals surface area (Å²) < 4.78 is 4.91. The minimum absolute atomic E-state index is 0.0857. The van der Waals surface area contributed by atoms with E-state index in [9.17, 15) is 4.79 Å². The fraction of sp³-hybridized carbons (Fsp3) is 0.875. The number of rotatable bonds is 8. The lowest BCUT2D eigenvalue weighted by atomic mass is 10.3. The molecular formula is C8H18N2O2S. The van der Waals surface area contributed by atoms with Gasteiger partial charge in [0.1, 0.15) is 0 Å². The Hall–Kier alpha value is -0.260. The number of hydrazine groups is 1. The molecule has 13 heavy (non-hydrogen) atoms. The first kappa shape index (κ1) is 12.7. The molecule has 0 aromatic heterocycles. The number of carbonyl (C=O) groups is 1. The van der Waals surface area contributed by atoms with Gasteiger partial charge in [0.15, 0.2) is 0 Å². The molecule has 4 nitrogen and oxygen atoms in total. The highest BCUT2D eigenvalue weighted by Crippen LogP contribution is 2.05. The van der Waals surface area contributed by atoms with Gasteiger partial charge in [-0.2, -0.15) is 11.8 Å². The Balaban J connectivity index is 2.95. The van der Waals surface area contributed by atoms with E-state index in [4.69, 9.17) is 10.6 Å². The van der Waals surface area contributed by atoms with Gasteiger partial charge in [0.2, 0.25) is 5.91 Å². The summed E-state index contributed by atoms with van der Waals surface area (Å²) in [6, 6.07) is 0. The van der Waals surface area contributed by atoms with Crippen LogP contribution in [0, 0.1) is 0 Å². The molecule has 0 rings (SSSR count). The summed E-state index contributed by atoms with van der Waals surface area (Å²) in [7, 11) is 1.70. The highest BCUT2D eigenvalue weighted by molar-refractivity contribution is 7.99. The summed E-state index contributed by atoms with van der Waals surface area (Å²) >= 11 is 1.84. The number of amides is 1. The van der Waals surface area contributed by atoms with Crippen LogP contribution in [-0.4, -0.2) is 31.1 Å². The smallest absolute Gasteiger partial charge is 0.233 e. The largest absolute Gasteiger partial charge is 0.385 e. The van der Waals surface area contributed by atoms with Gasteiger partial charge in [0, 0.05) is 20.1 Å². The SMILES string of the molecule is COCCCSCCCC(=O)NN. The van der Waals surface area contributed by atoms with Crippen molar-refractivity contribution >= 4 is 17.7 Å². The predicted octanol–water partition coefficient (Wildman–Crippen LogP) is 0.526. The van der Waals surface area contributed by atoms with E-state index in [0.29, 0.717) is 6.42 Å². The molecular weight excluding hydrogens is 188 g/mol. The molecule has 0 aliphatic heterocycles. The van der Waals surface area contributed by atoms with Crippen molar-refractivity contribution in [1.82, 2.24) is 5.43 Å². The number of hydrogen-bond acceptors (Lipinski definition) is 4. The summed E-state index contributed by atoms with van der Waals surface area (Å²) in [5, 5.41) is 0. The van der Waals surface area contributed by atoms with Crippen LogP contribution < -0.4 is 11.3 Å². The zero-order valence-electron chi connectivity index (χ0n) is 8.04.